The molecule has 0 bridgehead atoms. The van der Waals surface area contributed by atoms with Gasteiger partial charge < -0.3 is 25.0 Å². The second-order valence-corrected chi connectivity index (χ2v) is 9.50. The molecule has 7 heteroatoms. The molecule has 0 saturated carbocycles. The highest BCUT2D eigenvalue weighted by atomic mass is 19.1. The fraction of sp³-hybridized carbons (Fsp3) is 0.536. The van der Waals surface area contributed by atoms with E-state index in [1.165, 1.54) is 19.1 Å². The first-order chi connectivity index (χ1) is 16.7. The summed E-state index contributed by atoms with van der Waals surface area (Å²) in [5.74, 6) is -0.263. The van der Waals surface area contributed by atoms with E-state index >= 15 is 0 Å². The van der Waals surface area contributed by atoms with E-state index in [1.54, 1.807) is 18.2 Å². The van der Waals surface area contributed by atoms with E-state index in [2.05, 4.69) is 19.2 Å². The lowest BCUT2D eigenvalue weighted by atomic mass is 9.74. The zero-order chi connectivity index (χ0) is 25.6. The molecule has 1 fully saturated rings. The number of aliphatic hydroxyl groups excluding tert-OH is 2. The summed E-state index contributed by atoms with van der Waals surface area (Å²) in [5, 5.41) is 24.4. The maximum Gasteiger partial charge on any atom is 0.229 e. The highest BCUT2D eigenvalue weighted by Gasteiger charge is 2.51. The molecule has 0 aliphatic carbocycles. The SMILES string of the molecule is CCCC1(CCC)O[C@H](Oc2ccc(CCNC(C)=O)c(-c3cccc(F)c3)c2)[C@H](O)[C@H](O)[C@H]1C. The van der Waals surface area contributed by atoms with Crippen LogP contribution in [0.25, 0.3) is 11.1 Å². The highest BCUT2D eigenvalue weighted by molar-refractivity contribution is 5.73. The molecular formula is C28H38FNO5. The van der Waals surface area contributed by atoms with Gasteiger partial charge in [0.05, 0.1) is 11.7 Å². The Balaban J connectivity index is 1.92. The molecule has 1 aliphatic heterocycles. The summed E-state index contributed by atoms with van der Waals surface area (Å²) < 4.78 is 26.5. The van der Waals surface area contributed by atoms with Crippen molar-refractivity contribution in [2.75, 3.05) is 6.54 Å². The minimum Gasteiger partial charge on any atom is -0.462 e. The second-order valence-electron chi connectivity index (χ2n) is 9.50. The zero-order valence-corrected chi connectivity index (χ0v) is 21.1. The van der Waals surface area contributed by atoms with Crippen molar-refractivity contribution in [1.82, 2.24) is 5.32 Å². The highest BCUT2D eigenvalue weighted by Crippen LogP contribution is 2.42. The summed E-state index contributed by atoms with van der Waals surface area (Å²) in [6.07, 6.45) is 0.602. The Bertz CT molecular complexity index is 991. The van der Waals surface area contributed by atoms with Crippen LogP contribution in [0.2, 0.25) is 0 Å². The van der Waals surface area contributed by atoms with Crippen LogP contribution in [-0.4, -0.2) is 46.8 Å². The van der Waals surface area contributed by atoms with Crippen LogP contribution in [-0.2, 0) is 16.0 Å². The molecule has 1 saturated heterocycles. The van der Waals surface area contributed by atoms with Gasteiger partial charge in [0.15, 0.2) is 0 Å². The topological polar surface area (TPSA) is 88.0 Å². The van der Waals surface area contributed by atoms with Gasteiger partial charge >= 0.3 is 0 Å². The van der Waals surface area contributed by atoms with Gasteiger partial charge in [-0.2, -0.15) is 0 Å². The molecule has 0 aromatic heterocycles. The van der Waals surface area contributed by atoms with Crippen LogP contribution in [0.1, 0.15) is 58.9 Å². The number of hydrogen-bond donors (Lipinski definition) is 3. The van der Waals surface area contributed by atoms with E-state index in [0.717, 1.165) is 36.8 Å². The molecule has 1 heterocycles. The Hall–Kier alpha value is -2.48. The van der Waals surface area contributed by atoms with Crippen molar-refractivity contribution < 1.29 is 28.9 Å². The summed E-state index contributed by atoms with van der Waals surface area (Å²) in [6, 6.07) is 11.7. The number of hydrogen-bond acceptors (Lipinski definition) is 5. The van der Waals surface area contributed by atoms with Gasteiger partial charge in [-0.25, -0.2) is 4.39 Å². The van der Waals surface area contributed by atoms with Crippen LogP contribution in [0.5, 0.6) is 5.75 Å². The van der Waals surface area contributed by atoms with E-state index in [9.17, 15) is 19.4 Å². The van der Waals surface area contributed by atoms with E-state index in [0.29, 0.717) is 24.3 Å². The van der Waals surface area contributed by atoms with Crippen molar-refractivity contribution in [3.05, 3.63) is 53.8 Å². The quantitative estimate of drug-likeness (QED) is 0.456. The van der Waals surface area contributed by atoms with Gasteiger partial charge in [0, 0.05) is 19.4 Å². The third kappa shape index (κ3) is 6.40. The molecule has 2 aromatic rings. The molecule has 3 N–H and O–H groups in total. The van der Waals surface area contributed by atoms with Crippen LogP contribution >= 0.6 is 0 Å². The summed E-state index contributed by atoms with van der Waals surface area (Å²) >= 11 is 0. The maximum absolute atomic E-state index is 14.0. The van der Waals surface area contributed by atoms with Crippen LogP contribution in [0, 0.1) is 11.7 Å². The number of amides is 1. The van der Waals surface area contributed by atoms with Crippen LogP contribution < -0.4 is 10.1 Å². The first-order valence-electron chi connectivity index (χ1n) is 12.5. The lowest BCUT2D eigenvalue weighted by Crippen LogP contribution is -2.61. The lowest BCUT2D eigenvalue weighted by molar-refractivity contribution is -0.299. The van der Waals surface area contributed by atoms with Gasteiger partial charge in [-0.05, 0) is 60.2 Å². The molecule has 4 atom stereocenters. The summed E-state index contributed by atoms with van der Waals surface area (Å²) in [5.41, 5.74) is 1.77. The minimum atomic E-state index is -1.20. The predicted molar refractivity (Wildman–Crippen MR) is 133 cm³/mol. The van der Waals surface area contributed by atoms with Gasteiger partial charge in [-0.3, -0.25) is 4.79 Å². The first-order valence-corrected chi connectivity index (χ1v) is 12.5. The number of ether oxygens (including phenoxy) is 2. The molecule has 1 aliphatic rings. The molecule has 2 aromatic carbocycles. The average Bonchev–Trinajstić information content (AvgIpc) is 2.82. The van der Waals surface area contributed by atoms with Crippen LogP contribution in [0.4, 0.5) is 4.39 Å². The van der Waals surface area contributed by atoms with E-state index in [-0.39, 0.29) is 17.6 Å². The first kappa shape index (κ1) is 27.1. The predicted octanol–water partition coefficient (Wildman–Crippen LogP) is 4.60. The van der Waals surface area contributed by atoms with Gasteiger partial charge in [0.2, 0.25) is 12.2 Å². The molecule has 0 unspecified atom stereocenters. The van der Waals surface area contributed by atoms with Crippen LogP contribution in [0.15, 0.2) is 42.5 Å². The fourth-order valence-electron chi connectivity index (χ4n) is 5.09. The number of aliphatic hydroxyl groups is 2. The molecule has 3 rings (SSSR count). The summed E-state index contributed by atoms with van der Waals surface area (Å²) in [4.78, 5) is 11.3. The molecule has 35 heavy (non-hydrogen) atoms. The number of carbonyl (C=O) groups is 1. The second kappa shape index (κ2) is 12.0. The van der Waals surface area contributed by atoms with Crippen LogP contribution in [0.3, 0.4) is 0 Å². The molecule has 1 amide bonds. The molecule has 0 spiro atoms. The molecule has 0 radical (unpaired) electrons. The van der Waals surface area contributed by atoms with Gasteiger partial charge in [-0.15, -0.1) is 0 Å². The van der Waals surface area contributed by atoms with Gasteiger partial charge in [0.25, 0.3) is 0 Å². The Morgan fingerprint density at radius 2 is 1.83 bits per heavy atom. The number of halogens is 1. The van der Waals surface area contributed by atoms with Crippen molar-refractivity contribution in [2.24, 2.45) is 5.92 Å². The Kier molecular flexibility index (Phi) is 9.27. The van der Waals surface area contributed by atoms with Gasteiger partial charge in [0.1, 0.15) is 17.7 Å². The largest absolute Gasteiger partial charge is 0.462 e. The van der Waals surface area contributed by atoms with Crippen molar-refractivity contribution in [2.45, 2.75) is 83.9 Å². The monoisotopic (exact) mass is 487 g/mol. The maximum atomic E-state index is 14.0. The van der Waals surface area contributed by atoms with E-state index in [4.69, 9.17) is 9.47 Å². The summed E-state index contributed by atoms with van der Waals surface area (Å²) in [7, 11) is 0. The van der Waals surface area contributed by atoms with Crippen molar-refractivity contribution in [1.29, 1.82) is 0 Å². The third-order valence-electron chi connectivity index (χ3n) is 6.91. The fourth-order valence-corrected chi connectivity index (χ4v) is 5.09. The molecule has 192 valence electrons. The van der Waals surface area contributed by atoms with Crippen molar-refractivity contribution in [3.63, 3.8) is 0 Å². The molecule has 6 nitrogen and oxygen atoms in total. The number of benzene rings is 2. The standard InChI is InChI=1S/C28H38FNO5/c1-5-13-28(14-6-2)18(3)25(32)26(33)27(35-28)34-23-11-10-20(12-15-30-19(4)31)24(17-23)21-8-7-9-22(29)16-21/h7-11,16-18,25-27,32-33H,5-6,12-15H2,1-4H3,(H,30,31)/t18-,25-,26-,27+/m1/s1. The van der Waals surface area contributed by atoms with Crippen molar-refractivity contribution >= 4 is 5.91 Å². The number of carbonyl (C=O) groups excluding carboxylic acids is 1. The minimum absolute atomic E-state index is 0.115. The normalized spacial score (nSPS) is 23.6. The van der Waals surface area contributed by atoms with E-state index in [1.807, 2.05) is 19.1 Å². The number of rotatable bonds is 10. The molecular weight excluding hydrogens is 449 g/mol. The van der Waals surface area contributed by atoms with E-state index < -0.39 is 24.1 Å². The smallest absolute Gasteiger partial charge is 0.229 e. The lowest BCUT2D eigenvalue weighted by Gasteiger charge is -2.50. The average molecular weight is 488 g/mol. The Morgan fingerprint density at radius 3 is 2.46 bits per heavy atom. The Labute approximate surface area is 207 Å². The zero-order valence-electron chi connectivity index (χ0n) is 21.1. The summed E-state index contributed by atoms with van der Waals surface area (Å²) in [6.45, 7) is 7.98. The Morgan fingerprint density at radius 1 is 1.11 bits per heavy atom. The van der Waals surface area contributed by atoms with Gasteiger partial charge in [-0.1, -0.05) is 51.8 Å². The van der Waals surface area contributed by atoms with Crippen molar-refractivity contribution in [3.8, 4) is 16.9 Å². The number of nitrogens with one attached hydrogen (secondary N) is 1. The third-order valence-corrected chi connectivity index (χ3v) is 6.91.